The van der Waals surface area contributed by atoms with E-state index in [-0.39, 0.29) is 0 Å². The van der Waals surface area contributed by atoms with Crippen LogP contribution in [0.4, 0.5) is 0 Å². The van der Waals surface area contributed by atoms with Crippen LogP contribution in [0.3, 0.4) is 0 Å². The first-order valence-corrected chi connectivity index (χ1v) is 5.41. The van der Waals surface area contributed by atoms with Gasteiger partial charge in [0.25, 0.3) is 0 Å². The van der Waals surface area contributed by atoms with Gasteiger partial charge in [-0.1, -0.05) is 20.3 Å². The van der Waals surface area contributed by atoms with Crippen LogP contribution in [0.1, 0.15) is 39.5 Å². The van der Waals surface area contributed by atoms with Gasteiger partial charge in [0.1, 0.15) is 0 Å². The van der Waals surface area contributed by atoms with Crippen LogP contribution < -0.4 is 5.32 Å². The van der Waals surface area contributed by atoms with Gasteiger partial charge in [0.15, 0.2) is 0 Å². The Kier molecular flexibility index (Phi) is 2.16. The second-order valence-electron chi connectivity index (χ2n) is 5.20. The number of hydrogen-bond donors (Lipinski definition) is 1. The molecule has 1 saturated carbocycles. The molecule has 0 radical (unpaired) electrons. The summed E-state index contributed by atoms with van der Waals surface area (Å²) < 4.78 is 0. The molecule has 1 saturated heterocycles. The molecule has 0 aromatic rings. The summed E-state index contributed by atoms with van der Waals surface area (Å²) in [5.74, 6) is 1.99. The van der Waals surface area contributed by atoms with Crippen molar-refractivity contribution in [3.8, 4) is 0 Å². The number of piperidine rings is 1. The standard InChI is InChI=1S/C11H21N/c1-9-3-4-10-5-6-12-8-11(10,2)7-9/h9-10,12H,3-8H2,1-2H3. The van der Waals surface area contributed by atoms with Crippen molar-refractivity contribution in [2.45, 2.75) is 39.5 Å². The molecule has 3 atom stereocenters. The molecule has 12 heavy (non-hydrogen) atoms. The minimum Gasteiger partial charge on any atom is -0.316 e. The molecule has 1 heterocycles. The van der Waals surface area contributed by atoms with Crippen LogP contribution in [0.15, 0.2) is 0 Å². The minimum atomic E-state index is 0.635. The van der Waals surface area contributed by atoms with Crippen molar-refractivity contribution < 1.29 is 0 Å². The highest BCUT2D eigenvalue weighted by Gasteiger charge is 2.40. The van der Waals surface area contributed by atoms with Crippen LogP contribution in [0.25, 0.3) is 0 Å². The van der Waals surface area contributed by atoms with Gasteiger partial charge in [-0.15, -0.1) is 0 Å². The second-order valence-corrected chi connectivity index (χ2v) is 5.20. The summed E-state index contributed by atoms with van der Waals surface area (Å²) in [6, 6.07) is 0. The first-order chi connectivity index (χ1) is 5.71. The van der Waals surface area contributed by atoms with Gasteiger partial charge in [0.05, 0.1) is 0 Å². The van der Waals surface area contributed by atoms with E-state index < -0.39 is 0 Å². The molecule has 1 heteroatoms. The van der Waals surface area contributed by atoms with E-state index in [2.05, 4.69) is 19.2 Å². The van der Waals surface area contributed by atoms with E-state index in [1.54, 1.807) is 0 Å². The minimum absolute atomic E-state index is 0.635. The zero-order valence-electron chi connectivity index (χ0n) is 8.40. The van der Waals surface area contributed by atoms with Gasteiger partial charge in [-0.3, -0.25) is 0 Å². The highest BCUT2D eigenvalue weighted by molar-refractivity contribution is 4.93. The predicted octanol–water partition coefficient (Wildman–Crippen LogP) is 2.42. The quantitative estimate of drug-likeness (QED) is 0.584. The first-order valence-electron chi connectivity index (χ1n) is 5.41. The number of hydrogen-bond acceptors (Lipinski definition) is 1. The molecule has 0 aromatic heterocycles. The fourth-order valence-electron chi connectivity index (χ4n) is 3.26. The molecule has 1 N–H and O–H groups in total. The largest absolute Gasteiger partial charge is 0.316 e. The van der Waals surface area contributed by atoms with Crippen LogP contribution in [0.2, 0.25) is 0 Å². The Bertz CT molecular complexity index is 166. The summed E-state index contributed by atoms with van der Waals surface area (Å²) in [7, 11) is 0. The van der Waals surface area contributed by atoms with Crippen LogP contribution in [-0.2, 0) is 0 Å². The highest BCUT2D eigenvalue weighted by atomic mass is 14.9. The van der Waals surface area contributed by atoms with Gasteiger partial charge in [-0.05, 0) is 43.1 Å². The van der Waals surface area contributed by atoms with E-state index in [0.29, 0.717) is 5.41 Å². The van der Waals surface area contributed by atoms with Crippen molar-refractivity contribution in [1.29, 1.82) is 0 Å². The summed E-state index contributed by atoms with van der Waals surface area (Å²) in [4.78, 5) is 0. The Morgan fingerprint density at radius 2 is 2.08 bits per heavy atom. The van der Waals surface area contributed by atoms with Gasteiger partial charge in [-0.2, -0.15) is 0 Å². The van der Waals surface area contributed by atoms with E-state index in [9.17, 15) is 0 Å². The van der Waals surface area contributed by atoms with Crippen molar-refractivity contribution >= 4 is 0 Å². The fourth-order valence-corrected chi connectivity index (χ4v) is 3.26. The maximum absolute atomic E-state index is 3.54. The molecule has 0 spiro atoms. The predicted molar refractivity (Wildman–Crippen MR) is 52.1 cm³/mol. The van der Waals surface area contributed by atoms with E-state index >= 15 is 0 Å². The van der Waals surface area contributed by atoms with Gasteiger partial charge >= 0.3 is 0 Å². The van der Waals surface area contributed by atoms with E-state index in [0.717, 1.165) is 11.8 Å². The van der Waals surface area contributed by atoms with Crippen molar-refractivity contribution in [1.82, 2.24) is 5.32 Å². The molecule has 2 aliphatic rings. The van der Waals surface area contributed by atoms with Gasteiger partial charge < -0.3 is 5.32 Å². The average Bonchev–Trinajstić information content (AvgIpc) is 2.02. The average molecular weight is 167 g/mol. The summed E-state index contributed by atoms with van der Waals surface area (Å²) in [6.45, 7) is 7.42. The van der Waals surface area contributed by atoms with E-state index in [4.69, 9.17) is 0 Å². The van der Waals surface area contributed by atoms with Crippen LogP contribution in [0, 0.1) is 17.3 Å². The third-order valence-electron chi connectivity index (χ3n) is 4.01. The van der Waals surface area contributed by atoms with E-state index in [1.165, 1.54) is 38.8 Å². The smallest absolute Gasteiger partial charge is 0.000792 e. The van der Waals surface area contributed by atoms with Gasteiger partial charge in [0, 0.05) is 6.54 Å². The molecular formula is C11H21N. The molecular weight excluding hydrogens is 146 g/mol. The van der Waals surface area contributed by atoms with Crippen molar-refractivity contribution in [2.75, 3.05) is 13.1 Å². The fraction of sp³-hybridized carbons (Fsp3) is 1.00. The molecule has 2 fully saturated rings. The second kappa shape index (κ2) is 3.02. The Labute approximate surface area is 75.9 Å². The van der Waals surface area contributed by atoms with Crippen molar-refractivity contribution in [3.05, 3.63) is 0 Å². The lowest BCUT2D eigenvalue weighted by Crippen LogP contribution is -2.47. The summed E-state index contributed by atoms with van der Waals surface area (Å²) in [6.07, 6.45) is 5.83. The molecule has 3 unspecified atom stereocenters. The Hall–Kier alpha value is -0.0400. The number of nitrogens with one attached hydrogen (secondary N) is 1. The topological polar surface area (TPSA) is 12.0 Å². The SMILES string of the molecule is CC1CCC2CCNCC2(C)C1. The maximum atomic E-state index is 3.54. The molecule has 2 rings (SSSR count). The lowest BCUT2D eigenvalue weighted by Gasteiger charge is -2.47. The molecule has 0 amide bonds. The molecule has 1 aliphatic heterocycles. The zero-order valence-corrected chi connectivity index (χ0v) is 8.40. The number of fused-ring (bicyclic) bond motifs is 1. The highest BCUT2D eigenvalue weighted by Crippen LogP contribution is 2.45. The van der Waals surface area contributed by atoms with Crippen LogP contribution in [-0.4, -0.2) is 13.1 Å². The third kappa shape index (κ3) is 1.39. The van der Waals surface area contributed by atoms with Crippen LogP contribution in [0.5, 0.6) is 0 Å². The lowest BCUT2D eigenvalue weighted by atomic mass is 9.62. The van der Waals surface area contributed by atoms with Gasteiger partial charge in [0.2, 0.25) is 0 Å². The molecule has 1 aliphatic carbocycles. The van der Waals surface area contributed by atoms with Crippen molar-refractivity contribution in [2.24, 2.45) is 17.3 Å². The van der Waals surface area contributed by atoms with Gasteiger partial charge in [-0.25, -0.2) is 0 Å². The maximum Gasteiger partial charge on any atom is 0.000792 e. The Morgan fingerprint density at radius 1 is 1.25 bits per heavy atom. The molecule has 70 valence electrons. The third-order valence-corrected chi connectivity index (χ3v) is 4.01. The van der Waals surface area contributed by atoms with Crippen LogP contribution >= 0.6 is 0 Å². The summed E-state index contributed by atoms with van der Waals surface area (Å²) in [5, 5.41) is 3.54. The summed E-state index contributed by atoms with van der Waals surface area (Å²) >= 11 is 0. The lowest BCUT2D eigenvalue weighted by molar-refractivity contribution is 0.0526. The summed E-state index contributed by atoms with van der Waals surface area (Å²) in [5.41, 5.74) is 0.635. The molecule has 1 nitrogen and oxygen atoms in total. The normalized spacial score (nSPS) is 48.5. The Morgan fingerprint density at radius 3 is 2.92 bits per heavy atom. The first kappa shape index (κ1) is 8.55. The van der Waals surface area contributed by atoms with E-state index in [1.807, 2.05) is 0 Å². The molecule has 0 bridgehead atoms. The monoisotopic (exact) mass is 167 g/mol. The number of rotatable bonds is 0. The zero-order chi connectivity index (χ0) is 8.60. The Balaban J connectivity index is 2.07. The molecule has 0 aromatic carbocycles. The van der Waals surface area contributed by atoms with Crippen molar-refractivity contribution in [3.63, 3.8) is 0 Å².